The molecular weight excluding hydrogens is 504 g/mol. The molecule has 1 aliphatic rings. The minimum atomic E-state index is -0.775. The molecule has 3 N–H and O–H groups in total. The molecule has 8 heteroatoms. The topological polar surface area (TPSA) is 113 Å². The Morgan fingerprint density at radius 2 is 1.68 bits per heavy atom. The molecule has 4 rings (SSSR count). The Hall–Kier alpha value is -3.94. The van der Waals surface area contributed by atoms with E-state index in [0.717, 1.165) is 42.4 Å². The molecule has 1 saturated carbocycles. The Bertz CT molecular complexity index is 1240. The average molecular weight is 545 g/mol. The van der Waals surface area contributed by atoms with Gasteiger partial charge < -0.3 is 20.5 Å². The van der Waals surface area contributed by atoms with Crippen molar-refractivity contribution in [3.05, 3.63) is 78.2 Å². The van der Waals surface area contributed by atoms with Crippen LogP contribution in [-0.2, 0) is 16.1 Å². The first-order valence-corrected chi connectivity index (χ1v) is 14.4. The Morgan fingerprint density at radius 3 is 2.38 bits per heavy atom. The first-order valence-electron chi connectivity index (χ1n) is 14.4. The Balaban J connectivity index is 1.43. The molecule has 0 unspecified atom stereocenters. The Labute approximate surface area is 236 Å². The maximum absolute atomic E-state index is 13.6. The standard InChI is InChI=1S/C32H40N4O4/c1-3-22(2)29(32(39)33-21-24-13-10-16-26(19-24)25-14-8-5-9-15-25)36-30(37)27(20-23-11-6-4-7-12-23)35-31(38)28-17-18-34-40-28/h5,8-10,13-19,22-23,27,29H,3-4,6-7,11-12,20-21H2,1-2H3,(H,33,39)(H,35,38)(H,36,37)/t22-,27-,29-/m0/s1. The fourth-order valence-electron chi connectivity index (χ4n) is 5.30. The van der Waals surface area contributed by atoms with Crippen molar-refractivity contribution in [2.75, 3.05) is 0 Å². The van der Waals surface area contributed by atoms with Crippen molar-refractivity contribution in [2.24, 2.45) is 11.8 Å². The second kappa shape index (κ2) is 14.4. The van der Waals surface area contributed by atoms with Crippen molar-refractivity contribution in [2.45, 2.75) is 77.4 Å². The number of aromatic nitrogens is 1. The predicted molar refractivity (Wildman–Crippen MR) is 154 cm³/mol. The van der Waals surface area contributed by atoms with Crippen LogP contribution < -0.4 is 16.0 Å². The minimum Gasteiger partial charge on any atom is -0.351 e. The van der Waals surface area contributed by atoms with Crippen LogP contribution in [0.25, 0.3) is 11.1 Å². The van der Waals surface area contributed by atoms with Gasteiger partial charge in [-0.15, -0.1) is 0 Å². The van der Waals surface area contributed by atoms with E-state index in [9.17, 15) is 14.4 Å². The molecule has 3 aromatic rings. The summed E-state index contributed by atoms with van der Waals surface area (Å²) in [7, 11) is 0. The summed E-state index contributed by atoms with van der Waals surface area (Å²) < 4.78 is 4.99. The van der Waals surface area contributed by atoms with Gasteiger partial charge in [-0.3, -0.25) is 14.4 Å². The maximum Gasteiger partial charge on any atom is 0.290 e. The number of carbonyl (C=O) groups is 3. The van der Waals surface area contributed by atoms with Gasteiger partial charge in [-0.25, -0.2) is 0 Å². The zero-order valence-electron chi connectivity index (χ0n) is 23.4. The summed E-state index contributed by atoms with van der Waals surface area (Å²) in [5, 5.41) is 12.4. The molecule has 8 nitrogen and oxygen atoms in total. The third-order valence-corrected chi connectivity index (χ3v) is 7.87. The quantitative estimate of drug-likeness (QED) is 0.288. The van der Waals surface area contributed by atoms with E-state index in [0.29, 0.717) is 25.3 Å². The molecule has 3 atom stereocenters. The first-order chi connectivity index (χ1) is 19.4. The van der Waals surface area contributed by atoms with Gasteiger partial charge in [-0.1, -0.05) is 106 Å². The highest BCUT2D eigenvalue weighted by Gasteiger charge is 2.32. The van der Waals surface area contributed by atoms with Crippen molar-refractivity contribution in [1.82, 2.24) is 21.1 Å². The number of hydrogen-bond acceptors (Lipinski definition) is 5. The lowest BCUT2D eigenvalue weighted by Gasteiger charge is -2.29. The lowest BCUT2D eigenvalue weighted by atomic mass is 9.84. The summed E-state index contributed by atoms with van der Waals surface area (Å²) in [5.41, 5.74) is 3.16. The van der Waals surface area contributed by atoms with Gasteiger partial charge in [0.15, 0.2) is 0 Å². The van der Waals surface area contributed by atoms with Crippen LogP contribution in [-0.4, -0.2) is 35.0 Å². The molecule has 0 bridgehead atoms. The van der Waals surface area contributed by atoms with E-state index in [4.69, 9.17) is 4.52 Å². The zero-order chi connectivity index (χ0) is 28.3. The van der Waals surface area contributed by atoms with Gasteiger partial charge in [-0.05, 0) is 41.0 Å². The summed E-state index contributed by atoms with van der Waals surface area (Å²) in [6, 6.07) is 18.1. The van der Waals surface area contributed by atoms with E-state index in [2.05, 4.69) is 39.3 Å². The minimum absolute atomic E-state index is 0.0513. The lowest BCUT2D eigenvalue weighted by Crippen LogP contribution is -2.56. The fraction of sp³-hybridized carbons (Fsp3) is 0.438. The van der Waals surface area contributed by atoms with E-state index in [1.54, 1.807) is 0 Å². The molecule has 0 aliphatic heterocycles. The number of nitrogens with zero attached hydrogens (tertiary/aromatic N) is 1. The van der Waals surface area contributed by atoms with Crippen LogP contribution in [0.1, 0.15) is 74.9 Å². The molecule has 1 heterocycles. The fourth-order valence-corrected chi connectivity index (χ4v) is 5.30. The van der Waals surface area contributed by atoms with Crippen molar-refractivity contribution in [1.29, 1.82) is 0 Å². The third kappa shape index (κ3) is 8.04. The molecule has 0 radical (unpaired) electrons. The highest BCUT2D eigenvalue weighted by molar-refractivity contribution is 5.96. The van der Waals surface area contributed by atoms with Crippen molar-refractivity contribution in [3.8, 4) is 11.1 Å². The van der Waals surface area contributed by atoms with Gasteiger partial charge in [0.2, 0.25) is 17.6 Å². The second-order valence-electron chi connectivity index (χ2n) is 10.8. The molecule has 212 valence electrons. The molecule has 40 heavy (non-hydrogen) atoms. The van der Waals surface area contributed by atoms with Crippen LogP contribution in [0.4, 0.5) is 0 Å². The van der Waals surface area contributed by atoms with E-state index >= 15 is 0 Å². The number of amides is 3. The Kier molecular flexibility index (Phi) is 10.5. The van der Waals surface area contributed by atoms with E-state index in [-0.39, 0.29) is 23.5 Å². The van der Waals surface area contributed by atoms with E-state index in [1.807, 2.05) is 50.2 Å². The van der Waals surface area contributed by atoms with Crippen LogP contribution in [0.5, 0.6) is 0 Å². The molecule has 2 aromatic carbocycles. The predicted octanol–water partition coefficient (Wildman–Crippen LogP) is 5.26. The van der Waals surface area contributed by atoms with Gasteiger partial charge in [-0.2, -0.15) is 0 Å². The number of hydrogen-bond donors (Lipinski definition) is 3. The van der Waals surface area contributed by atoms with Gasteiger partial charge in [0.1, 0.15) is 12.1 Å². The summed E-state index contributed by atoms with van der Waals surface area (Å²) in [4.78, 5) is 39.7. The van der Waals surface area contributed by atoms with Crippen molar-refractivity contribution < 1.29 is 18.9 Å². The molecule has 1 fully saturated rings. The third-order valence-electron chi connectivity index (χ3n) is 7.87. The van der Waals surface area contributed by atoms with Crippen LogP contribution in [0.15, 0.2) is 71.4 Å². The summed E-state index contributed by atoms with van der Waals surface area (Å²) in [6.45, 7) is 4.28. The monoisotopic (exact) mass is 544 g/mol. The smallest absolute Gasteiger partial charge is 0.290 e. The Morgan fingerprint density at radius 1 is 0.925 bits per heavy atom. The van der Waals surface area contributed by atoms with Crippen molar-refractivity contribution in [3.63, 3.8) is 0 Å². The SMILES string of the molecule is CC[C@H](C)[C@H](NC(=O)[C@H](CC1CCCCC1)NC(=O)c1ccno1)C(=O)NCc1cccc(-c2ccccc2)c1. The highest BCUT2D eigenvalue weighted by Crippen LogP contribution is 2.28. The highest BCUT2D eigenvalue weighted by atomic mass is 16.5. The van der Waals surface area contributed by atoms with Crippen LogP contribution in [0.3, 0.4) is 0 Å². The number of benzene rings is 2. The molecular formula is C32H40N4O4. The second-order valence-corrected chi connectivity index (χ2v) is 10.8. The van der Waals surface area contributed by atoms with Gasteiger partial charge >= 0.3 is 0 Å². The lowest BCUT2D eigenvalue weighted by molar-refractivity contribution is -0.131. The van der Waals surface area contributed by atoms with Gasteiger partial charge in [0.05, 0.1) is 6.20 Å². The first kappa shape index (κ1) is 29.1. The molecule has 1 aliphatic carbocycles. The summed E-state index contributed by atoms with van der Waals surface area (Å²) >= 11 is 0. The van der Waals surface area contributed by atoms with Gasteiger partial charge in [0.25, 0.3) is 5.91 Å². The molecule has 1 aromatic heterocycles. The van der Waals surface area contributed by atoms with Gasteiger partial charge in [0, 0.05) is 12.6 Å². The van der Waals surface area contributed by atoms with E-state index < -0.39 is 18.0 Å². The van der Waals surface area contributed by atoms with E-state index in [1.165, 1.54) is 18.7 Å². The largest absolute Gasteiger partial charge is 0.351 e. The number of nitrogens with one attached hydrogen (secondary N) is 3. The summed E-state index contributed by atoms with van der Waals surface area (Å²) in [6.07, 6.45) is 8.12. The zero-order valence-corrected chi connectivity index (χ0v) is 23.4. The van der Waals surface area contributed by atoms with Crippen LogP contribution >= 0.6 is 0 Å². The maximum atomic E-state index is 13.6. The molecule has 0 saturated heterocycles. The molecule has 0 spiro atoms. The molecule has 3 amide bonds. The van der Waals surface area contributed by atoms with Crippen molar-refractivity contribution >= 4 is 17.7 Å². The number of carbonyl (C=O) groups excluding carboxylic acids is 3. The summed E-state index contributed by atoms with van der Waals surface area (Å²) in [5.74, 6) is -0.797. The van der Waals surface area contributed by atoms with Crippen LogP contribution in [0.2, 0.25) is 0 Å². The normalized spacial score (nSPS) is 15.9. The average Bonchev–Trinajstić information content (AvgIpc) is 3.54. The number of rotatable bonds is 12. The van der Waals surface area contributed by atoms with Crippen LogP contribution in [0, 0.1) is 11.8 Å².